The molecule has 1 atom stereocenters. The summed E-state index contributed by atoms with van der Waals surface area (Å²) in [6.07, 6.45) is -0.354. The van der Waals surface area contributed by atoms with E-state index in [0.29, 0.717) is 23.0 Å². The van der Waals surface area contributed by atoms with Crippen molar-refractivity contribution in [2.45, 2.75) is 19.4 Å². The van der Waals surface area contributed by atoms with Gasteiger partial charge < -0.3 is 10.1 Å². The summed E-state index contributed by atoms with van der Waals surface area (Å²) in [5.74, 6) is -2.30. The zero-order valence-electron chi connectivity index (χ0n) is 12.8. The molecule has 0 aliphatic carbocycles. The van der Waals surface area contributed by atoms with E-state index in [1.54, 1.807) is 12.1 Å². The van der Waals surface area contributed by atoms with Crippen LogP contribution in [0.3, 0.4) is 0 Å². The second-order valence-corrected chi connectivity index (χ2v) is 5.88. The number of rotatable bonds is 6. The Labute approximate surface area is 148 Å². The van der Waals surface area contributed by atoms with Gasteiger partial charge in [0.1, 0.15) is 5.75 Å². The number of benzene rings is 2. The molecule has 1 unspecified atom stereocenters. The Morgan fingerprint density at radius 1 is 1.21 bits per heavy atom. The fourth-order valence-corrected chi connectivity index (χ4v) is 2.43. The van der Waals surface area contributed by atoms with Crippen molar-refractivity contribution in [1.82, 2.24) is 5.32 Å². The van der Waals surface area contributed by atoms with Crippen LogP contribution in [0.1, 0.15) is 12.5 Å². The summed E-state index contributed by atoms with van der Waals surface area (Å²) in [5, 5.41) is 3.60. The van der Waals surface area contributed by atoms with Gasteiger partial charge in [0.05, 0.1) is 10.0 Å². The van der Waals surface area contributed by atoms with Crippen molar-refractivity contribution < 1.29 is 18.3 Å². The van der Waals surface area contributed by atoms with E-state index < -0.39 is 17.7 Å². The summed E-state index contributed by atoms with van der Waals surface area (Å²) in [5.41, 5.74) is 0.818. The van der Waals surface area contributed by atoms with Crippen molar-refractivity contribution in [1.29, 1.82) is 0 Å². The minimum Gasteiger partial charge on any atom is -0.481 e. The van der Waals surface area contributed by atoms with Gasteiger partial charge in [-0.25, -0.2) is 8.78 Å². The third-order valence-corrected chi connectivity index (χ3v) is 4.16. The molecule has 0 saturated heterocycles. The molecule has 2 aromatic rings. The number of hydrogen-bond acceptors (Lipinski definition) is 2. The fourth-order valence-electron chi connectivity index (χ4n) is 2.01. The summed E-state index contributed by atoms with van der Waals surface area (Å²) in [7, 11) is 0. The number of carbonyl (C=O) groups is 1. The van der Waals surface area contributed by atoms with Gasteiger partial charge in [-0.15, -0.1) is 0 Å². The molecule has 3 nitrogen and oxygen atoms in total. The van der Waals surface area contributed by atoms with Crippen LogP contribution in [0.15, 0.2) is 36.4 Å². The lowest BCUT2D eigenvalue weighted by Gasteiger charge is -2.15. The van der Waals surface area contributed by atoms with E-state index in [0.717, 1.165) is 17.7 Å². The summed E-state index contributed by atoms with van der Waals surface area (Å²) < 4.78 is 31.3. The maximum Gasteiger partial charge on any atom is 0.260 e. The summed E-state index contributed by atoms with van der Waals surface area (Å²) >= 11 is 12.0. The van der Waals surface area contributed by atoms with Gasteiger partial charge in [0.2, 0.25) is 0 Å². The predicted octanol–water partition coefficient (Wildman–Crippen LogP) is 4.40. The maximum atomic E-state index is 13.1. The SMILES string of the molecule is CC(Oc1ccc(F)c(F)c1)C(=O)NCCc1cccc(Cl)c1Cl. The second-order valence-electron chi connectivity index (χ2n) is 5.09. The van der Waals surface area contributed by atoms with E-state index in [9.17, 15) is 13.6 Å². The van der Waals surface area contributed by atoms with E-state index in [2.05, 4.69) is 5.32 Å². The van der Waals surface area contributed by atoms with Gasteiger partial charge in [0.25, 0.3) is 5.91 Å². The summed E-state index contributed by atoms with van der Waals surface area (Å²) in [6, 6.07) is 8.38. The second kappa shape index (κ2) is 8.31. The van der Waals surface area contributed by atoms with Gasteiger partial charge in [-0.3, -0.25) is 4.79 Å². The molecular formula is C17H15Cl2F2NO2. The number of nitrogens with one attached hydrogen (secondary N) is 1. The zero-order valence-corrected chi connectivity index (χ0v) is 14.3. The van der Waals surface area contributed by atoms with E-state index in [4.69, 9.17) is 27.9 Å². The highest BCUT2D eigenvalue weighted by Crippen LogP contribution is 2.25. The van der Waals surface area contributed by atoms with Crippen LogP contribution in [0.2, 0.25) is 10.0 Å². The molecule has 2 aromatic carbocycles. The van der Waals surface area contributed by atoms with Crippen molar-refractivity contribution in [3.05, 3.63) is 63.6 Å². The van der Waals surface area contributed by atoms with Gasteiger partial charge in [0, 0.05) is 12.6 Å². The third kappa shape index (κ3) is 4.82. The Morgan fingerprint density at radius 3 is 2.67 bits per heavy atom. The minimum absolute atomic E-state index is 0.0782. The molecule has 0 fully saturated rings. The Kier molecular flexibility index (Phi) is 6.40. The largest absolute Gasteiger partial charge is 0.481 e. The molecule has 0 spiro atoms. The van der Waals surface area contributed by atoms with Gasteiger partial charge in [-0.05, 0) is 37.1 Å². The first-order chi connectivity index (χ1) is 11.4. The van der Waals surface area contributed by atoms with Crippen molar-refractivity contribution >= 4 is 29.1 Å². The molecule has 0 aliphatic heterocycles. The topological polar surface area (TPSA) is 38.3 Å². The first kappa shape index (κ1) is 18.5. The molecule has 0 aromatic heterocycles. The van der Waals surface area contributed by atoms with Gasteiger partial charge >= 0.3 is 0 Å². The number of hydrogen-bond donors (Lipinski definition) is 1. The van der Waals surface area contributed by atoms with Crippen LogP contribution in [0.5, 0.6) is 5.75 Å². The van der Waals surface area contributed by atoms with Gasteiger partial charge in [-0.1, -0.05) is 35.3 Å². The Bertz CT molecular complexity index is 741. The number of carbonyl (C=O) groups excluding carboxylic acids is 1. The number of halogens is 4. The average molecular weight is 374 g/mol. The molecule has 0 aliphatic rings. The third-order valence-electron chi connectivity index (χ3n) is 3.30. The van der Waals surface area contributed by atoms with E-state index in [1.165, 1.54) is 13.0 Å². The average Bonchev–Trinajstić information content (AvgIpc) is 2.54. The van der Waals surface area contributed by atoms with Crippen LogP contribution >= 0.6 is 23.2 Å². The lowest BCUT2D eigenvalue weighted by Crippen LogP contribution is -2.37. The molecule has 24 heavy (non-hydrogen) atoms. The maximum absolute atomic E-state index is 13.1. The monoisotopic (exact) mass is 373 g/mol. The quantitative estimate of drug-likeness (QED) is 0.814. The van der Waals surface area contributed by atoms with Crippen LogP contribution in [0.4, 0.5) is 8.78 Å². The lowest BCUT2D eigenvalue weighted by atomic mass is 10.1. The summed E-state index contributed by atoms with van der Waals surface area (Å²) in [4.78, 5) is 12.0. The van der Waals surface area contributed by atoms with Crippen LogP contribution < -0.4 is 10.1 Å². The Balaban J connectivity index is 1.85. The minimum atomic E-state index is -1.03. The molecule has 0 heterocycles. The van der Waals surface area contributed by atoms with Crippen LogP contribution in [0.25, 0.3) is 0 Å². The summed E-state index contributed by atoms with van der Waals surface area (Å²) in [6.45, 7) is 1.85. The van der Waals surface area contributed by atoms with Crippen molar-refractivity contribution in [2.75, 3.05) is 6.54 Å². The van der Waals surface area contributed by atoms with Gasteiger partial charge in [-0.2, -0.15) is 0 Å². The highest BCUT2D eigenvalue weighted by atomic mass is 35.5. The number of amides is 1. The van der Waals surface area contributed by atoms with Crippen molar-refractivity contribution in [3.8, 4) is 5.75 Å². The van der Waals surface area contributed by atoms with Gasteiger partial charge in [0.15, 0.2) is 17.7 Å². The molecule has 1 N–H and O–H groups in total. The highest BCUT2D eigenvalue weighted by molar-refractivity contribution is 6.42. The first-order valence-corrected chi connectivity index (χ1v) is 7.96. The number of ether oxygens (including phenoxy) is 1. The molecule has 0 radical (unpaired) electrons. The highest BCUT2D eigenvalue weighted by Gasteiger charge is 2.15. The van der Waals surface area contributed by atoms with Crippen LogP contribution in [-0.4, -0.2) is 18.6 Å². The van der Waals surface area contributed by atoms with Crippen molar-refractivity contribution in [3.63, 3.8) is 0 Å². The standard InChI is InChI=1S/C17H15Cl2F2NO2/c1-10(24-12-5-6-14(20)15(21)9-12)17(23)22-8-7-11-3-2-4-13(18)16(11)19/h2-6,9-10H,7-8H2,1H3,(H,22,23). The molecule has 0 saturated carbocycles. The lowest BCUT2D eigenvalue weighted by molar-refractivity contribution is -0.127. The molecule has 2 rings (SSSR count). The zero-order chi connectivity index (χ0) is 17.7. The molecule has 0 bridgehead atoms. The Morgan fingerprint density at radius 2 is 1.96 bits per heavy atom. The molecular weight excluding hydrogens is 359 g/mol. The van der Waals surface area contributed by atoms with E-state index in [1.807, 2.05) is 6.07 Å². The smallest absolute Gasteiger partial charge is 0.260 e. The normalized spacial score (nSPS) is 11.9. The van der Waals surface area contributed by atoms with Crippen LogP contribution in [-0.2, 0) is 11.2 Å². The molecule has 1 amide bonds. The molecule has 128 valence electrons. The van der Waals surface area contributed by atoms with E-state index in [-0.39, 0.29) is 11.7 Å². The predicted molar refractivity (Wildman–Crippen MR) is 89.6 cm³/mol. The van der Waals surface area contributed by atoms with Crippen molar-refractivity contribution in [2.24, 2.45) is 0 Å². The first-order valence-electron chi connectivity index (χ1n) is 7.21. The Hall–Kier alpha value is -1.85. The van der Waals surface area contributed by atoms with Crippen LogP contribution in [0, 0.1) is 11.6 Å². The molecule has 7 heteroatoms. The fraction of sp³-hybridized carbons (Fsp3) is 0.235. The van der Waals surface area contributed by atoms with E-state index >= 15 is 0 Å².